The topological polar surface area (TPSA) is 39.7 Å². The molecule has 0 bridgehead atoms. The fourth-order valence-corrected chi connectivity index (χ4v) is 2.63. The van der Waals surface area contributed by atoms with Crippen LogP contribution in [0.2, 0.25) is 0 Å². The number of aryl methyl sites for hydroxylation is 1. The molecule has 6 heteroatoms. The quantitative estimate of drug-likeness (QED) is 0.614. The zero-order chi connectivity index (χ0) is 19.1. The molecule has 26 heavy (non-hydrogen) atoms. The van der Waals surface area contributed by atoms with E-state index in [4.69, 9.17) is 0 Å². The van der Waals surface area contributed by atoms with Gasteiger partial charge in [0.2, 0.25) is 0 Å². The van der Waals surface area contributed by atoms with Crippen molar-refractivity contribution in [2.75, 3.05) is 27.7 Å². The van der Waals surface area contributed by atoms with Gasteiger partial charge in [-0.05, 0) is 55.9 Å². The van der Waals surface area contributed by atoms with Crippen LogP contribution in [0.15, 0.2) is 47.5 Å². The molecule has 2 aromatic carbocycles. The van der Waals surface area contributed by atoms with Gasteiger partial charge in [0, 0.05) is 20.1 Å². The second-order valence-electron chi connectivity index (χ2n) is 6.42. The third-order valence-corrected chi connectivity index (χ3v) is 4.26. The number of likely N-dealkylation sites (N-methyl/N-ethyl adjacent to an activating group) is 1. The Bertz CT molecular complexity index is 742. The summed E-state index contributed by atoms with van der Waals surface area (Å²) in [6.45, 7) is 2.81. The number of aliphatic imine (C=N–C) groups is 1. The molecule has 2 rings (SSSR count). The van der Waals surface area contributed by atoms with Crippen molar-refractivity contribution in [2.24, 2.45) is 4.99 Å². The van der Waals surface area contributed by atoms with Gasteiger partial charge in [-0.25, -0.2) is 8.78 Å². The third-order valence-electron chi connectivity index (χ3n) is 4.26. The lowest BCUT2D eigenvalue weighted by Crippen LogP contribution is -2.41. The van der Waals surface area contributed by atoms with Crippen LogP contribution < -0.4 is 10.6 Å². The van der Waals surface area contributed by atoms with Crippen LogP contribution in [0.3, 0.4) is 0 Å². The van der Waals surface area contributed by atoms with Gasteiger partial charge in [-0.1, -0.05) is 24.3 Å². The first-order valence-corrected chi connectivity index (χ1v) is 8.52. The highest BCUT2D eigenvalue weighted by molar-refractivity contribution is 5.79. The summed E-state index contributed by atoms with van der Waals surface area (Å²) < 4.78 is 26.8. The van der Waals surface area contributed by atoms with Gasteiger partial charge in [0.15, 0.2) is 5.96 Å². The summed E-state index contributed by atoms with van der Waals surface area (Å²) in [5.74, 6) is 0.165. The number of guanidine groups is 1. The van der Waals surface area contributed by atoms with E-state index in [1.807, 2.05) is 20.2 Å². The van der Waals surface area contributed by atoms with E-state index in [0.29, 0.717) is 24.6 Å². The fourth-order valence-electron chi connectivity index (χ4n) is 2.63. The lowest BCUT2D eigenvalue weighted by molar-refractivity contribution is 0.298. The lowest BCUT2D eigenvalue weighted by atomic mass is 10.1. The number of nitrogens with zero attached hydrogens (tertiary/aromatic N) is 2. The maximum Gasteiger partial charge on any atom is 0.191 e. The molecule has 0 aromatic heterocycles. The van der Waals surface area contributed by atoms with Crippen molar-refractivity contribution in [3.8, 4) is 0 Å². The Balaban J connectivity index is 1.95. The molecule has 0 aliphatic heterocycles. The predicted molar refractivity (Wildman–Crippen MR) is 102 cm³/mol. The molecule has 0 spiro atoms. The van der Waals surface area contributed by atoms with E-state index >= 15 is 0 Å². The molecule has 0 radical (unpaired) electrons. The second-order valence-corrected chi connectivity index (χ2v) is 6.42. The molecular weight excluding hydrogens is 334 g/mol. The summed E-state index contributed by atoms with van der Waals surface area (Å²) in [5.41, 5.74) is 2.49. The molecule has 0 amide bonds. The Morgan fingerprint density at radius 1 is 1.08 bits per heavy atom. The summed E-state index contributed by atoms with van der Waals surface area (Å²) in [6, 6.07) is 11.7. The van der Waals surface area contributed by atoms with Crippen molar-refractivity contribution >= 4 is 5.96 Å². The summed E-state index contributed by atoms with van der Waals surface area (Å²) in [7, 11) is 5.63. The number of nitrogens with one attached hydrogen (secondary N) is 2. The van der Waals surface area contributed by atoms with Crippen molar-refractivity contribution < 1.29 is 8.78 Å². The minimum atomic E-state index is -0.248. The average molecular weight is 360 g/mol. The van der Waals surface area contributed by atoms with Gasteiger partial charge in [-0.2, -0.15) is 0 Å². The maximum atomic E-state index is 13.6. The molecule has 0 aliphatic rings. The molecule has 0 saturated heterocycles. The van der Waals surface area contributed by atoms with Crippen LogP contribution in [-0.2, 0) is 6.54 Å². The highest BCUT2D eigenvalue weighted by Crippen LogP contribution is 2.17. The average Bonchev–Trinajstić information content (AvgIpc) is 2.62. The number of hydrogen-bond donors (Lipinski definition) is 2. The molecule has 4 nitrogen and oxygen atoms in total. The van der Waals surface area contributed by atoms with Gasteiger partial charge in [0.1, 0.15) is 11.6 Å². The van der Waals surface area contributed by atoms with Crippen molar-refractivity contribution in [1.29, 1.82) is 0 Å². The minimum absolute atomic E-state index is 0.0611. The van der Waals surface area contributed by atoms with Crippen LogP contribution in [0.1, 0.15) is 22.7 Å². The molecule has 2 aromatic rings. The summed E-state index contributed by atoms with van der Waals surface area (Å²) in [5, 5.41) is 6.45. The first-order valence-electron chi connectivity index (χ1n) is 8.52. The lowest BCUT2D eigenvalue weighted by Gasteiger charge is -2.26. The van der Waals surface area contributed by atoms with E-state index in [1.54, 1.807) is 32.2 Å². The standard InChI is InChI=1S/C20H26F2N4/c1-14-5-6-15(11-18(14)22)12-24-20(23-2)25-13-19(26(3)4)16-7-9-17(21)10-8-16/h5-11,19H,12-13H2,1-4H3,(H2,23,24,25). The monoisotopic (exact) mass is 360 g/mol. The van der Waals surface area contributed by atoms with Crippen molar-refractivity contribution in [3.05, 3.63) is 70.8 Å². The Labute approximate surface area is 153 Å². The molecule has 1 atom stereocenters. The molecule has 0 saturated carbocycles. The summed E-state index contributed by atoms with van der Waals surface area (Å²) in [4.78, 5) is 6.26. The smallest absolute Gasteiger partial charge is 0.191 e. The molecule has 0 aliphatic carbocycles. The molecule has 1 unspecified atom stereocenters. The van der Waals surface area contributed by atoms with Crippen LogP contribution in [0, 0.1) is 18.6 Å². The van der Waals surface area contributed by atoms with Crippen molar-refractivity contribution in [2.45, 2.75) is 19.5 Å². The fraction of sp³-hybridized carbons (Fsp3) is 0.350. The second kappa shape index (κ2) is 9.29. The minimum Gasteiger partial charge on any atom is -0.354 e. The van der Waals surface area contributed by atoms with E-state index in [-0.39, 0.29) is 17.7 Å². The van der Waals surface area contributed by atoms with Gasteiger partial charge >= 0.3 is 0 Å². The third kappa shape index (κ3) is 5.52. The predicted octanol–water partition coefficient (Wildman–Crippen LogP) is 3.24. The van der Waals surface area contributed by atoms with Crippen LogP contribution in [-0.4, -0.2) is 38.5 Å². The molecular formula is C20H26F2N4. The van der Waals surface area contributed by atoms with E-state index in [1.165, 1.54) is 18.2 Å². The van der Waals surface area contributed by atoms with E-state index in [2.05, 4.69) is 20.5 Å². The molecule has 2 N–H and O–H groups in total. The normalized spacial score (nSPS) is 13.0. The summed E-state index contributed by atoms with van der Waals surface area (Å²) in [6.07, 6.45) is 0. The van der Waals surface area contributed by atoms with Gasteiger partial charge in [-0.3, -0.25) is 4.99 Å². The Kier molecular flexibility index (Phi) is 7.09. The highest BCUT2D eigenvalue weighted by Gasteiger charge is 2.14. The van der Waals surface area contributed by atoms with Gasteiger partial charge in [-0.15, -0.1) is 0 Å². The number of benzene rings is 2. The zero-order valence-electron chi connectivity index (χ0n) is 15.7. The summed E-state index contributed by atoms with van der Waals surface area (Å²) >= 11 is 0. The highest BCUT2D eigenvalue weighted by atomic mass is 19.1. The van der Waals surface area contributed by atoms with Gasteiger partial charge in [0.05, 0.1) is 6.04 Å². The first-order chi connectivity index (χ1) is 12.4. The molecule has 140 valence electrons. The van der Waals surface area contributed by atoms with Crippen LogP contribution in [0.5, 0.6) is 0 Å². The zero-order valence-corrected chi connectivity index (χ0v) is 15.7. The number of halogens is 2. The van der Waals surface area contributed by atoms with Crippen molar-refractivity contribution in [1.82, 2.24) is 15.5 Å². The van der Waals surface area contributed by atoms with Gasteiger partial charge in [0.25, 0.3) is 0 Å². The van der Waals surface area contributed by atoms with Gasteiger partial charge < -0.3 is 15.5 Å². The largest absolute Gasteiger partial charge is 0.354 e. The number of rotatable bonds is 6. The van der Waals surface area contributed by atoms with E-state index < -0.39 is 0 Å². The first kappa shape index (κ1) is 19.8. The Morgan fingerprint density at radius 2 is 1.77 bits per heavy atom. The maximum absolute atomic E-state index is 13.6. The van der Waals surface area contributed by atoms with Crippen LogP contribution in [0.4, 0.5) is 8.78 Å². The molecule has 0 fully saturated rings. The Hall–Kier alpha value is -2.47. The number of hydrogen-bond acceptors (Lipinski definition) is 2. The Morgan fingerprint density at radius 3 is 2.35 bits per heavy atom. The van der Waals surface area contributed by atoms with Crippen LogP contribution in [0.25, 0.3) is 0 Å². The van der Waals surface area contributed by atoms with E-state index in [9.17, 15) is 8.78 Å². The SMILES string of the molecule is CN=C(NCc1ccc(C)c(F)c1)NCC(c1ccc(F)cc1)N(C)C. The van der Waals surface area contributed by atoms with Crippen molar-refractivity contribution in [3.63, 3.8) is 0 Å². The van der Waals surface area contributed by atoms with E-state index in [0.717, 1.165) is 11.1 Å². The van der Waals surface area contributed by atoms with Crippen LogP contribution >= 0.6 is 0 Å². The molecule has 0 heterocycles.